The highest BCUT2D eigenvalue weighted by Gasteiger charge is 2.35. The van der Waals surface area contributed by atoms with Gasteiger partial charge in [-0.25, -0.2) is 23.1 Å². The van der Waals surface area contributed by atoms with Crippen LogP contribution in [0.15, 0.2) is 58.9 Å². The van der Waals surface area contributed by atoms with Crippen LogP contribution in [0.25, 0.3) is 28.0 Å². The number of benzene rings is 1. The highest BCUT2D eigenvalue weighted by molar-refractivity contribution is 7.85. The number of halogens is 2. The summed E-state index contributed by atoms with van der Waals surface area (Å²) in [5, 5.41) is 3.37. The second-order valence-corrected chi connectivity index (χ2v) is 13.5. The third kappa shape index (κ3) is 5.36. The highest BCUT2D eigenvalue weighted by atomic mass is 32.2. The van der Waals surface area contributed by atoms with Crippen LogP contribution >= 0.6 is 0 Å². The van der Waals surface area contributed by atoms with Crippen molar-refractivity contribution in [3.05, 3.63) is 77.0 Å². The van der Waals surface area contributed by atoms with E-state index in [0.717, 1.165) is 0 Å². The van der Waals surface area contributed by atoms with E-state index in [-0.39, 0.29) is 63.5 Å². The Labute approximate surface area is 267 Å². The third-order valence-electron chi connectivity index (χ3n) is 8.52. The van der Waals surface area contributed by atoms with E-state index in [2.05, 4.69) is 21.9 Å². The van der Waals surface area contributed by atoms with Crippen LogP contribution in [0.3, 0.4) is 0 Å². The topological polar surface area (TPSA) is 113 Å². The van der Waals surface area contributed by atoms with Gasteiger partial charge in [0.2, 0.25) is 5.91 Å². The number of piperazine rings is 1. The number of nitrogens with one attached hydrogen (secondary N) is 1. The van der Waals surface area contributed by atoms with Gasteiger partial charge < -0.3 is 15.1 Å². The molecule has 1 amide bonds. The average molecular weight is 648 g/mol. The van der Waals surface area contributed by atoms with Crippen molar-refractivity contribution in [3.63, 3.8) is 0 Å². The molecule has 0 aliphatic carbocycles. The number of pyridine rings is 2. The summed E-state index contributed by atoms with van der Waals surface area (Å²) in [6, 6.07) is 6.65. The number of anilines is 2. The van der Waals surface area contributed by atoms with E-state index in [0.29, 0.717) is 42.3 Å². The zero-order valence-corrected chi connectivity index (χ0v) is 26.9. The Kier molecular flexibility index (Phi) is 8.45. The van der Waals surface area contributed by atoms with Crippen molar-refractivity contribution in [2.24, 2.45) is 0 Å². The molecule has 1 aromatic carbocycles. The first-order valence-electron chi connectivity index (χ1n) is 15.2. The van der Waals surface area contributed by atoms with Crippen LogP contribution in [0.5, 0.6) is 0 Å². The largest absolute Gasteiger partial charge is 0.384 e. The summed E-state index contributed by atoms with van der Waals surface area (Å²) in [6.45, 7) is 12.1. The summed E-state index contributed by atoms with van der Waals surface area (Å²) in [7, 11) is -1.56. The van der Waals surface area contributed by atoms with E-state index in [4.69, 9.17) is 4.98 Å². The van der Waals surface area contributed by atoms with Crippen molar-refractivity contribution < 1.29 is 17.8 Å². The Bertz CT molecular complexity index is 1960. The van der Waals surface area contributed by atoms with E-state index < -0.39 is 28.1 Å². The molecule has 6 rings (SSSR count). The summed E-state index contributed by atoms with van der Waals surface area (Å²) in [4.78, 5) is 44.5. The molecule has 1 fully saturated rings. The molecule has 3 aromatic heterocycles. The number of carbonyl (C=O) groups excluding carboxylic acids is 1. The molecule has 1 saturated heterocycles. The number of carbonyl (C=O) groups is 1. The van der Waals surface area contributed by atoms with Gasteiger partial charge in [-0.15, -0.1) is 0 Å². The molecule has 0 radical (unpaired) electrons. The SMILES string of the molecule is C=CC(=O)N1C[C@H](C)N(c2nc(=O)n3c4nc(c(F)cc24)-c2c(F)cccc2NCCCS(=O)c2ccnc(C(C)C)c2-3)C[C@H]1C. The predicted octanol–water partition coefficient (Wildman–Crippen LogP) is 4.78. The lowest BCUT2D eigenvalue weighted by atomic mass is 10.0. The van der Waals surface area contributed by atoms with E-state index in [1.807, 2.05) is 32.6 Å². The van der Waals surface area contributed by atoms with Crippen LogP contribution < -0.4 is 15.9 Å². The van der Waals surface area contributed by atoms with Crippen LogP contribution in [-0.2, 0) is 15.6 Å². The van der Waals surface area contributed by atoms with E-state index in [1.54, 1.807) is 23.2 Å². The quantitative estimate of drug-likeness (QED) is 0.317. The minimum Gasteiger partial charge on any atom is -0.384 e. The van der Waals surface area contributed by atoms with Crippen molar-refractivity contribution in [1.29, 1.82) is 0 Å². The smallest absolute Gasteiger partial charge is 0.355 e. The molecule has 2 bridgehead atoms. The fourth-order valence-corrected chi connectivity index (χ4v) is 7.53. The van der Waals surface area contributed by atoms with Gasteiger partial charge in [0.05, 0.1) is 38.0 Å². The molecular weight excluding hydrogens is 612 g/mol. The Balaban J connectivity index is 1.71. The number of rotatable bonds is 3. The lowest BCUT2D eigenvalue weighted by molar-refractivity contribution is -0.128. The summed E-state index contributed by atoms with van der Waals surface area (Å²) in [5.74, 6) is -1.46. The lowest BCUT2D eigenvalue weighted by Gasteiger charge is -2.44. The number of hydrogen-bond acceptors (Lipinski definition) is 8. The molecule has 10 nitrogen and oxygen atoms in total. The van der Waals surface area contributed by atoms with Gasteiger partial charge in [-0.2, -0.15) is 4.98 Å². The van der Waals surface area contributed by atoms with Gasteiger partial charge in [-0.05, 0) is 56.5 Å². The summed E-state index contributed by atoms with van der Waals surface area (Å²) in [5.41, 5.74) is 0.0379. The molecule has 1 unspecified atom stereocenters. The molecule has 46 heavy (non-hydrogen) atoms. The molecule has 4 aromatic rings. The number of fused-ring (bicyclic) bond motifs is 5. The first kappa shape index (κ1) is 31.5. The first-order chi connectivity index (χ1) is 22.0. The maximum atomic E-state index is 16.3. The average Bonchev–Trinajstić information content (AvgIpc) is 3.03. The van der Waals surface area contributed by atoms with Crippen LogP contribution in [0.4, 0.5) is 20.3 Å². The number of amides is 1. The van der Waals surface area contributed by atoms with Crippen LogP contribution in [0, 0.1) is 11.6 Å². The van der Waals surface area contributed by atoms with Gasteiger partial charge in [0.25, 0.3) is 0 Å². The molecule has 0 saturated carbocycles. The normalized spacial score (nSPS) is 19.9. The van der Waals surface area contributed by atoms with Gasteiger partial charge >= 0.3 is 5.69 Å². The predicted molar refractivity (Wildman–Crippen MR) is 175 cm³/mol. The molecule has 1 N–H and O–H groups in total. The standard InChI is InChI=1S/C33H35F2N7O3S/c1-6-26(43)40-16-20(5)41(17-19(40)4)31-21-15-23(35)29-27-22(34)9-7-10-24(27)36-12-8-14-46(45)25-11-13-37-28(18(2)3)30(25)42(32(21)38-29)33(44)39-31/h6-7,9-11,13,15,18-20,36H,1,8,12,14,16-17H2,2-5H3/t19-,20+,46?/m1/s1. The maximum absolute atomic E-state index is 16.3. The zero-order chi connectivity index (χ0) is 32.9. The van der Waals surface area contributed by atoms with Crippen LogP contribution in [0.1, 0.15) is 45.7 Å². The summed E-state index contributed by atoms with van der Waals surface area (Å²) < 4.78 is 46.9. The van der Waals surface area contributed by atoms with Gasteiger partial charge in [0.15, 0.2) is 11.5 Å². The fraction of sp³-hybridized carbons (Fsp3) is 0.364. The lowest BCUT2D eigenvalue weighted by Crippen LogP contribution is -2.58. The van der Waals surface area contributed by atoms with Crippen molar-refractivity contribution in [3.8, 4) is 16.9 Å². The molecule has 240 valence electrons. The molecule has 2 aliphatic rings. The molecule has 3 atom stereocenters. The summed E-state index contributed by atoms with van der Waals surface area (Å²) in [6.07, 6.45) is 3.28. The maximum Gasteiger partial charge on any atom is 0.355 e. The minimum absolute atomic E-state index is 0.0254. The van der Waals surface area contributed by atoms with Crippen molar-refractivity contribution in [2.75, 3.05) is 35.6 Å². The molecule has 5 heterocycles. The van der Waals surface area contributed by atoms with Crippen molar-refractivity contribution in [2.45, 2.75) is 57.0 Å². The highest BCUT2D eigenvalue weighted by Crippen LogP contribution is 2.37. The Morgan fingerprint density at radius 1 is 1.13 bits per heavy atom. The Morgan fingerprint density at radius 3 is 2.65 bits per heavy atom. The fourth-order valence-electron chi connectivity index (χ4n) is 6.28. The minimum atomic E-state index is -1.56. The second kappa shape index (κ2) is 12.3. The van der Waals surface area contributed by atoms with Gasteiger partial charge in [-0.1, -0.05) is 26.5 Å². The zero-order valence-electron chi connectivity index (χ0n) is 26.1. The van der Waals surface area contributed by atoms with Gasteiger partial charge in [0.1, 0.15) is 17.3 Å². The van der Waals surface area contributed by atoms with Gasteiger partial charge in [-0.3, -0.25) is 14.0 Å². The molecule has 13 heteroatoms. The van der Waals surface area contributed by atoms with E-state index in [9.17, 15) is 13.8 Å². The van der Waals surface area contributed by atoms with Crippen LogP contribution in [-0.4, -0.2) is 72.0 Å². The van der Waals surface area contributed by atoms with Crippen LogP contribution in [0.2, 0.25) is 0 Å². The first-order valence-corrected chi connectivity index (χ1v) is 16.6. The Hall–Kier alpha value is -4.52. The summed E-state index contributed by atoms with van der Waals surface area (Å²) >= 11 is 0. The molecule has 0 spiro atoms. The second-order valence-electron chi connectivity index (χ2n) is 12.0. The van der Waals surface area contributed by atoms with Crippen molar-refractivity contribution >= 4 is 39.2 Å². The molecular formula is C33H35F2N7O3S. The van der Waals surface area contributed by atoms with E-state index in [1.165, 1.54) is 28.8 Å². The van der Waals surface area contributed by atoms with E-state index >= 15 is 8.78 Å². The van der Waals surface area contributed by atoms with Crippen molar-refractivity contribution in [1.82, 2.24) is 24.4 Å². The third-order valence-corrected chi connectivity index (χ3v) is 10.0. The number of nitrogens with zero attached hydrogens (tertiary/aromatic N) is 6. The number of aromatic nitrogens is 4. The number of hydrogen-bond donors (Lipinski definition) is 1. The molecule has 2 aliphatic heterocycles. The monoisotopic (exact) mass is 647 g/mol. The Morgan fingerprint density at radius 2 is 1.91 bits per heavy atom. The van der Waals surface area contributed by atoms with Gasteiger partial charge in [0, 0.05) is 49.4 Å².